The van der Waals surface area contributed by atoms with Crippen molar-refractivity contribution in [2.24, 2.45) is 22.4 Å². The molecule has 0 radical (unpaired) electrons. The SMILES string of the molecule is NCC1OC(C2=C/C=C\N=CC=C2)Cc2c1ccc(O)c2O.NCC1OC(C2CCCOCCC2)Cc2c1ccc(O)c2O. The van der Waals surface area contributed by atoms with Crippen molar-refractivity contribution in [3.63, 3.8) is 0 Å². The maximum absolute atomic E-state index is 10.2. The van der Waals surface area contributed by atoms with Crippen LogP contribution in [0.1, 0.15) is 60.1 Å². The van der Waals surface area contributed by atoms with E-state index in [1.807, 2.05) is 30.4 Å². The van der Waals surface area contributed by atoms with Crippen LogP contribution in [-0.4, -0.2) is 65.2 Å². The highest BCUT2D eigenvalue weighted by Crippen LogP contribution is 2.43. The lowest BCUT2D eigenvalue weighted by molar-refractivity contribution is -0.0616. The van der Waals surface area contributed by atoms with Crippen LogP contribution in [-0.2, 0) is 27.1 Å². The average molecular weight is 606 g/mol. The van der Waals surface area contributed by atoms with Crippen molar-refractivity contribution in [3.8, 4) is 23.0 Å². The second-order valence-corrected chi connectivity index (χ2v) is 11.5. The van der Waals surface area contributed by atoms with Crippen LogP contribution in [0.4, 0.5) is 0 Å². The highest BCUT2D eigenvalue weighted by molar-refractivity contribution is 5.73. The van der Waals surface area contributed by atoms with Gasteiger partial charge in [-0.2, -0.15) is 0 Å². The number of hydrogen-bond donors (Lipinski definition) is 6. The molecule has 4 heterocycles. The van der Waals surface area contributed by atoms with Gasteiger partial charge in [-0.15, -0.1) is 0 Å². The van der Waals surface area contributed by atoms with Gasteiger partial charge in [0.2, 0.25) is 0 Å². The van der Waals surface area contributed by atoms with E-state index in [1.165, 1.54) is 12.1 Å². The molecule has 236 valence electrons. The molecule has 4 aliphatic rings. The maximum atomic E-state index is 10.2. The smallest absolute Gasteiger partial charge is 0.161 e. The molecular weight excluding hydrogens is 562 g/mol. The second kappa shape index (κ2) is 14.9. The summed E-state index contributed by atoms with van der Waals surface area (Å²) < 4.78 is 17.8. The van der Waals surface area contributed by atoms with E-state index < -0.39 is 0 Å². The van der Waals surface area contributed by atoms with Crippen molar-refractivity contribution in [1.82, 2.24) is 0 Å². The van der Waals surface area contributed by atoms with Crippen LogP contribution in [0, 0.1) is 5.92 Å². The van der Waals surface area contributed by atoms with E-state index in [9.17, 15) is 20.4 Å². The molecule has 2 aromatic carbocycles. The number of phenols is 4. The van der Waals surface area contributed by atoms with Crippen LogP contribution < -0.4 is 11.5 Å². The summed E-state index contributed by atoms with van der Waals surface area (Å²) in [4.78, 5) is 4.03. The molecule has 44 heavy (non-hydrogen) atoms. The summed E-state index contributed by atoms with van der Waals surface area (Å²) in [5.41, 5.74) is 15.9. The number of ether oxygens (including phenoxy) is 3. The van der Waals surface area contributed by atoms with Crippen LogP contribution in [0.2, 0.25) is 0 Å². The second-order valence-electron chi connectivity index (χ2n) is 11.5. The molecule has 4 atom stereocenters. The van der Waals surface area contributed by atoms with Crippen molar-refractivity contribution in [1.29, 1.82) is 0 Å². The first-order valence-electron chi connectivity index (χ1n) is 15.3. The van der Waals surface area contributed by atoms with Crippen molar-refractivity contribution < 1.29 is 34.6 Å². The first-order valence-corrected chi connectivity index (χ1v) is 15.3. The summed E-state index contributed by atoms with van der Waals surface area (Å²) in [5, 5.41) is 39.9. The number of hydrogen-bond acceptors (Lipinski definition) is 10. The summed E-state index contributed by atoms with van der Waals surface area (Å²) in [6, 6.07) is 6.54. The zero-order valence-corrected chi connectivity index (χ0v) is 24.8. The molecule has 4 unspecified atom stereocenters. The highest BCUT2D eigenvalue weighted by atomic mass is 16.5. The molecule has 0 amide bonds. The lowest BCUT2D eigenvalue weighted by atomic mass is 9.83. The van der Waals surface area contributed by atoms with E-state index in [0.29, 0.717) is 37.4 Å². The molecule has 4 aliphatic heterocycles. The Kier molecular flexibility index (Phi) is 10.7. The number of nitrogens with zero attached hydrogens (tertiary/aromatic N) is 1. The van der Waals surface area contributed by atoms with Crippen LogP contribution in [0.3, 0.4) is 0 Å². The van der Waals surface area contributed by atoms with E-state index in [-0.39, 0.29) is 47.4 Å². The van der Waals surface area contributed by atoms with Crippen molar-refractivity contribution in [2.75, 3.05) is 26.3 Å². The van der Waals surface area contributed by atoms with Gasteiger partial charge in [0.05, 0.1) is 24.4 Å². The van der Waals surface area contributed by atoms with E-state index in [2.05, 4.69) is 4.99 Å². The number of fused-ring (bicyclic) bond motifs is 2. The van der Waals surface area contributed by atoms with Crippen LogP contribution in [0.25, 0.3) is 0 Å². The van der Waals surface area contributed by atoms with Crippen LogP contribution >= 0.6 is 0 Å². The molecule has 10 nitrogen and oxygen atoms in total. The lowest BCUT2D eigenvalue weighted by Gasteiger charge is -2.37. The predicted molar refractivity (Wildman–Crippen MR) is 168 cm³/mol. The van der Waals surface area contributed by atoms with Gasteiger partial charge in [0.25, 0.3) is 0 Å². The van der Waals surface area contributed by atoms with E-state index in [0.717, 1.165) is 61.2 Å². The Morgan fingerprint density at radius 2 is 1.39 bits per heavy atom. The molecule has 8 N–H and O–H groups in total. The number of nitrogens with two attached hydrogens (primary N) is 2. The van der Waals surface area contributed by atoms with Gasteiger partial charge in [-0.1, -0.05) is 24.3 Å². The van der Waals surface area contributed by atoms with Gasteiger partial charge >= 0.3 is 0 Å². The Hall–Kier alpha value is -3.67. The fourth-order valence-electron chi connectivity index (χ4n) is 6.43. The summed E-state index contributed by atoms with van der Waals surface area (Å²) in [5.74, 6) is 0.161. The Balaban J connectivity index is 0.000000175. The summed E-state index contributed by atoms with van der Waals surface area (Å²) in [7, 11) is 0. The predicted octanol–water partition coefficient (Wildman–Crippen LogP) is 4.37. The fraction of sp³-hybridized carbons (Fsp3) is 0.441. The molecule has 10 heteroatoms. The lowest BCUT2D eigenvalue weighted by Crippen LogP contribution is -2.36. The Labute approximate surface area is 258 Å². The van der Waals surface area contributed by atoms with Crippen LogP contribution in [0.15, 0.2) is 65.3 Å². The van der Waals surface area contributed by atoms with Gasteiger partial charge in [0.15, 0.2) is 23.0 Å². The fourth-order valence-corrected chi connectivity index (χ4v) is 6.43. The third-order valence-electron chi connectivity index (χ3n) is 8.73. The number of benzene rings is 2. The van der Waals surface area contributed by atoms with Crippen molar-refractivity contribution in [3.05, 3.63) is 82.6 Å². The molecule has 2 aromatic rings. The number of allylic oxidation sites excluding steroid dienone is 3. The molecule has 0 saturated carbocycles. The first-order chi connectivity index (χ1) is 21.4. The minimum absolute atomic E-state index is 0.0153. The Bertz CT molecular complexity index is 1410. The van der Waals surface area contributed by atoms with E-state index in [1.54, 1.807) is 18.5 Å². The minimum atomic E-state index is -0.308. The average Bonchev–Trinajstić information content (AvgIpc) is 3.00. The Morgan fingerprint density at radius 1 is 0.773 bits per heavy atom. The molecule has 0 bridgehead atoms. The van der Waals surface area contributed by atoms with Crippen LogP contribution in [0.5, 0.6) is 23.0 Å². The first kappa shape index (κ1) is 31.7. The largest absolute Gasteiger partial charge is 0.504 e. The van der Waals surface area contributed by atoms with Gasteiger partial charge in [-0.05, 0) is 72.6 Å². The minimum Gasteiger partial charge on any atom is -0.504 e. The molecule has 1 saturated heterocycles. The third kappa shape index (κ3) is 7.17. The zero-order chi connectivity index (χ0) is 31.1. The van der Waals surface area contributed by atoms with E-state index >= 15 is 0 Å². The number of rotatable bonds is 4. The number of phenolic OH excluding ortho intramolecular Hbond substituents is 4. The monoisotopic (exact) mass is 605 g/mol. The zero-order valence-electron chi connectivity index (χ0n) is 24.8. The van der Waals surface area contributed by atoms with Crippen molar-refractivity contribution in [2.45, 2.75) is 62.9 Å². The molecule has 1 fully saturated rings. The topological polar surface area (TPSA) is 173 Å². The molecule has 0 spiro atoms. The molecule has 0 aromatic heterocycles. The number of aliphatic imine (C=N–C) groups is 1. The summed E-state index contributed by atoms with van der Waals surface area (Å²) >= 11 is 0. The van der Waals surface area contributed by atoms with Gasteiger partial charge in [-0.25, -0.2) is 0 Å². The molecule has 6 rings (SSSR count). The maximum Gasteiger partial charge on any atom is 0.161 e. The normalized spacial score (nSPS) is 26.0. The van der Waals surface area contributed by atoms with Gasteiger partial charge < -0.3 is 46.1 Å². The summed E-state index contributed by atoms with van der Waals surface area (Å²) in [6.45, 7) is 2.31. The van der Waals surface area contributed by atoms with Crippen molar-refractivity contribution >= 4 is 6.21 Å². The highest BCUT2D eigenvalue weighted by Gasteiger charge is 2.34. The quantitative estimate of drug-likeness (QED) is 0.277. The van der Waals surface area contributed by atoms with Gasteiger partial charge in [0, 0.05) is 62.7 Å². The molecular formula is C34H43N3O7. The third-order valence-corrected chi connectivity index (χ3v) is 8.73. The van der Waals surface area contributed by atoms with E-state index in [4.69, 9.17) is 25.7 Å². The van der Waals surface area contributed by atoms with Gasteiger partial charge in [0.1, 0.15) is 0 Å². The Morgan fingerprint density at radius 3 is 2.02 bits per heavy atom. The summed E-state index contributed by atoms with van der Waals surface area (Å²) in [6.07, 6.45) is 15.6. The standard InChI is InChI=1S/C17H18N2O3.C17H25NO4/c18-10-16-12-5-6-14(20)17(21)13(12)9-15(22-16)11-3-1-7-19-8-2-4-11;18-10-16-12-5-6-14(19)17(20)13(12)9-15(22-16)11-3-1-7-21-8-2-4-11/h1-8,15-16,20-21H,9-10,18H2;5-6,11,15-16,19-20H,1-4,7-10,18H2/b3-1?,4-2?,7-1-,8-2?,11-3?,11-4?,19-7?,19-8?;. The number of aromatic hydroxyl groups is 4. The molecule has 0 aliphatic carbocycles. The van der Waals surface area contributed by atoms with Gasteiger partial charge in [-0.3, -0.25) is 4.99 Å².